The fourth-order valence-electron chi connectivity index (χ4n) is 2.03. The molecule has 1 atom stereocenters. The smallest absolute Gasteiger partial charge is 0.0886 e. The van der Waals surface area contributed by atoms with Gasteiger partial charge in [0.15, 0.2) is 0 Å². The Balaban J connectivity index is 3.10. The monoisotopic (exact) mass is 262 g/mol. The molecule has 0 amide bonds. The summed E-state index contributed by atoms with van der Waals surface area (Å²) >= 11 is 0. The Hall–Kier alpha value is -1.12. The van der Waals surface area contributed by atoms with Gasteiger partial charge in [-0.15, -0.1) is 0 Å². The van der Waals surface area contributed by atoms with Crippen LogP contribution in [0, 0.1) is 0 Å². The highest BCUT2D eigenvalue weighted by Gasteiger charge is 2.32. The van der Waals surface area contributed by atoms with Crippen LogP contribution in [0.3, 0.4) is 0 Å². The zero-order valence-corrected chi connectivity index (χ0v) is 12.9. The van der Waals surface area contributed by atoms with Crippen LogP contribution in [0.1, 0.15) is 52.7 Å². The fraction of sp³-hybridized carbons (Fsp3) is 0.529. The first kappa shape index (κ1) is 15.9. The Labute approximate surface area is 117 Å². The van der Waals surface area contributed by atoms with Crippen LogP contribution in [-0.2, 0) is 10.3 Å². The Morgan fingerprint density at radius 3 is 2.21 bits per heavy atom. The predicted molar refractivity (Wildman–Crippen MR) is 81.0 cm³/mol. The lowest BCUT2D eigenvalue weighted by atomic mass is 9.89. The van der Waals surface area contributed by atoms with E-state index in [1.54, 1.807) is 13.8 Å². The minimum Gasteiger partial charge on any atom is -0.388 e. The first-order valence-electron chi connectivity index (χ1n) is 6.71. The van der Waals surface area contributed by atoms with Crippen LogP contribution >= 0.6 is 0 Å². The van der Waals surface area contributed by atoms with E-state index < -0.39 is 11.2 Å². The van der Waals surface area contributed by atoms with Crippen molar-refractivity contribution in [1.29, 1.82) is 0 Å². The van der Waals surface area contributed by atoms with Crippen molar-refractivity contribution in [3.05, 3.63) is 42.0 Å². The molecule has 0 saturated carbocycles. The van der Waals surface area contributed by atoms with Gasteiger partial charge >= 0.3 is 0 Å². The number of hydrogen-bond donors (Lipinski definition) is 1. The van der Waals surface area contributed by atoms with Crippen LogP contribution in [0.15, 0.2) is 30.8 Å². The van der Waals surface area contributed by atoms with Crippen molar-refractivity contribution >= 4 is 5.57 Å². The third-order valence-electron chi connectivity index (χ3n) is 3.50. The van der Waals surface area contributed by atoms with E-state index in [0.717, 1.165) is 16.7 Å². The van der Waals surface area contributed by atoms with E-state index in [0.29, 0.717) is 0 Å². The maximum atomic E-state index is 10.0. The summed E-state index contributed by atoms with van der Waals surface area (Å²) in [4.78, 5) is 0. The van der Waals surface area contributed by atoms with E-state index in [2.05, 4.69) is 18.7 Å². The van der Waals surface area contributed by atoms with Crippen molar-refractivity contribution in [2.45, 2.75) is 58.8 Å². The van der Waals surface area contributed by atoms with Crippen molar-refractivity contribution in [3.8, 4) is 0 Å². The van der Waals surface area contributed by atoms with Crippen molar-refractivity contribution in [2.75, 3.05) is 0 Å². The second-order valence-corrected chi connectivity index (χ2v) is 6.25. The highest BCUT2D eigenvalue weighted by atomic mass is 16.5. The lowest BCUT2D eigenvalue weighted by Crippen LogP contribution is -2.41. The lowest BCUT2D eigenvalue weighted by Gasteiger charge is -2.36. The van der Waals surface area contributed by atoms with E-state index in [4.69, 9.17) is 4.74 Å². The molecule has 1 rings (SSSR count). The molecule has 0 radical (unpaired) electrons. The number of aliphatic hydroxyl groups is 1. The zero-order chi connectivity index (χ0) is 14.8. The molecular formula is C17H26O2. The van der Waals surface area contributed by atoms with Gasteiger partial charge in [-0.3, -0.25) is 0 Å². The molecule has 0 aliphatic heterocycles. The summed E-state index contributed by atoms with van der Waals surface area (Å²) in [5.74, 6) is 0. The summed E-state index contributed by atoms with van der Waals surface area (Å²) in [6, 6.07) is 8.11. The van der Waals surface area contributed by atoms with Gasteiger partial charge in [-0.2, -0.15) is 0 Å². The van der Waals surface area contributed by atoms with Crippen molar-refractivity contribution in [3.63, 3.8) is 0 Å². The molecule has 1 aromatic rings. The normalized spacial score (nSPS) is 14.3. The molecule has 2 nitrogen and oxygen atoms in total. The van der Waals surface area contributed by atoms with Gasteiger partial charge in [0.2, 0.25) is 0 Å². The minimum atomic E-state index is -0.866. The molecule has 1 N–H and O–H groups in total. The molecular weight excluding hydrogens is 236 g/mol. The van der Waals surface area contributed by atoms with Gasteiger partial charge in [0.1, 0.15) is 0 Å². The quantitative estimate of drug-likeness (QED) is 0.864. The highest BCUT2D eigenvalue weighted by molar-refractivity contribution is 5.65. The molecule has 0 spiro atoms. The van der Waals surface area contributed by atoms with Crippen LogP contribution in [0.25, 0.3) is 5.57 Å². The number of allylic oxidation sites excluding steroid dienone is 1. The van der Waals surface area contributed by atoms with Gasteiger partial charge in [0, 0.05) is 0 Å². The molecule has 0 aromatic heterocycles. The van der Waals surface area contributed by atoms with Crippen molar-refractivity contribution in [2.24, 2.45) is 0 Å². The second kappa shape index (κ2) is 5.48. The third-order valence-corrected chi connectivity index (χ3v) is 3.50. The molecule has 0 bridgehead atoms. The van der Waals surface area contributed by atoms with E-state index in [-0.39, 0.29) is 6.10 Å². The van der Waals surface area contributed by atoms with Crippen LogP contribution in [-0.4, -0.2) is 16.8 Å². The SMILES string of the molecule is C=C(C)c1ccccc1C(C)(C)OC(C)C(C)(C)O. The molecule has 0 aliphatic rings. The van der Waals surface area contributed by atoms with Crippen LogP contribution in [0.5, 0.6) is 0 Å². The Kier molecular flexibility index (Phi) is 4.59. The second-order valence-electron chi connectivity index (χ2n) is 6.25. The molecule has 0 fully saturated rings. The first-order valence-corrected chi connectivity index (χ1v) is 6.71. The molecule has 2 heteroatoms. The molecule has 0 aliphatic carbocycles. The summed E-state index contributed by atoms with van der Waals surface area (Å²) in [5.41, 5.74) is 1.88. The van der Waals surface area contributed by atoms with Crippen LogP contribution in [0.2, 0.25) is 0 Å². The van der Waals surface area contributed by atoms with E-state index in [1.807, 2.05) is 39.8 Å². The number of ether oxygens (including phenoxy) is 1. The fourth-order valence-corrected chi connectivity index (χ4v) is 2.03. The summed E-state index contributed by atoms with van der Waals surface area (Å²) in [5, 5.41) is 10.0. The number of hydrogen-bond acceptors (Lipinski definition) is 2. The molecule has 0 heterocycles. The van der Waals surface area contributed by atoms with Crippen LogP contribution < -0.4 is 0 Å². The third kappa shape index (κ3) is 3.92. The molecule has 106 valence electrons. The Morgan fingerprint density at radius 1 is 1.21 bits per heavy atom. The average molecular weight is 262 g/mol. The maximum Gasteiger partial charge on any atom is 0.0886 e. The maximum absolute atomic E-state index is 10.0. The van der Waals surface area contributed by atoms with E-state index in [9.17, 15) is 5.11 Å². The van der Waals surface area contributed by atoms with Gasteiger partial charge < -0.3 is 9.84 Å². The van der Waals surface area contributed by atoms with E-state index >= 15 is 0 Å². The number of rotatable bonds is 5. The predicted octanol–water partition coefficient (Wildman–Crippen LogP) is 4.13. The Morgan fingerprint density at radius 2 is 1.74 bits per heavy atom. The van der Waals surface area contributed by atoms with Gasteiger partial charge in [0.05, 0.1) is 17.3 Å². The zero-order valence-electron chi connectivity index (χ0n) is 12.9. The van der Waals surface area contributed by atoms with Gasteiger partial charge in [-0.1, -0.05) is 36.4 Å². The lowest BCUT2D eigenvalue weighted by molar-refractivity contribution is -0.146. The summed E-state index contributed by atoms with van der Waals surface area (Å²) in [7, 11) is 0. The van der Waals surface area contributed by atoms with Gasteiger partial charge in [0.25, 0.3) is 0 Å². The van der Waals surface area contributed by atoms with Crippen LogP contribution in [0.4, 0.5) is 0 Å². The Bertz CT molecular complexity index is 453. The summed E-state index contributed by atoms with van der Waals surface area (Å²) in [6.07, 6.45) is -0.263. The number of benzene rings is 1. The minimum absolute atomic E-state index is 0.263. The summed E-state index contributed by atoms with van der Waals surface area (Å²) < 4.78 is 6.09. The standard InChI is InChI=1S/C17H26O2/c1-12(2)14-10-8-9-11-15(14)17(6,7)19-13(3)16(4,5)18/h8-11,13,18H,1H2,2-7H3. The van der Waals surface area contributed by atoms with E-state index in [1.165, 1.54) is 0 Å². The molecule has 19 heavy (non-hydrogen) atoms. The van der Waals surface area contributed by atoms with Crippen molar-refractivity contribution < 1.29 is 9.84 Å². The molecule has 0 saturated heterocycles. The summed E-state index contributed by atoms with van der Waals surface area (Å²) in [6.45, 7) is 15.5. The van der Waals surface area contributed by atoms with Gasteiger partial charge in [-0.05, 0) is 52.7 Å². The first-order chi connectivity index (χ1) is 8.55. The van der Waals surface area contributed by atoms with Gasteiger partial charge in [-0.25, -0.2) is 0 Å². The molecule has 1 aromatic carbocycles. The average Bonchev–Trinajstić information content (AvgIpc) is 2.27. The molecule has 1 unspecified atom stereocenters. The topological polar surface area (TPSA) is 29.5 Å². The largest absolute Gasteiger partial charge is 0.388 e. The van der Waals surface area contributed by atoms with Crippen molar-refractivity contribution in [1.82, 2.24) is 0 Å². The highest BCUT2D eigenvalue weighted by Crippen LogP contribution is 2.33.